The third kappa shape index (κ3) is 3.42. The van der Waals surface area contributed by atoms with Crippen molar-refractivity contribution in [2.24, 2.45) is 0 Å². The molecule has 70 valence electrons. The maximum absolute atomic E-state index is 8.96. The van der Waals surface area contributed by atoms with Crippen LogP contribution in [0.5, 0.6) is 0 Å². The normalized spacial score (nSPS) is 23.6. The van der Waals surface area contributed by atoms with Crippen LogP contribution in [0.15, 0.2) is 34.7 Å². The largest absolute Gasteiger partial charge is 0.488 e. The Bertz CT molecular complexity index is 256. The molecule has 0 bridgehead atoms. The van der Waals surface area contributed by atoms with E-state index >= 15 is 0 Å². The van der Waals surface area contributed by atoms with Gasteiger partial charge in [0.25, 0.3) is 0 Å². The van der Waals surface area contributed by atoms with Gasteiger partial charge in [0.05, 0.1) is 0 Å². The third-order valence-electron chi connectivity index (χ3n) is 1.89. The second kappa shape index (κ2) is 5.32. The van der Waals surface area contributed by atoms with Gasteiger partial charge in [0, 0.05) is 0 Å². The first-order valence-electron chi connectivity index (χ1n) is 4.20. The van der Waals surface area contributed by atoms with Crippen LogP contribution in [0.1, 0.15) is 12.8 Å². The summed E-state index contributed by atoms with van der Waals surface area (Å²) >= 11 is 1.70. The molecule has 0 aromatic rings. The quantitative estimate of drug-likeness (QED) is 0.658. The summed E-state index contributed by atoms with van der Waals surface area (Å²) in [6, 6.07) is 0. The molecule has 0 unspecified atom stereocenters. The summed E-state index contributed by atoms with van der Waals surface area (Å²) in [5.41, 5.74) is 0.583. The van der Waals surface area contributed by atoms with Gasteiger partial charge in [-0.3, -0.25) is 0 Å². The highest BCUT2D eigenvalue weighted by Gasteiger charge is 2.11. The van der Waals surface area contributed by atoms with Crippen molar-refractivity contribution in [2.45, 2.75) is 12.8 Å². The molecule has 2 N–H and O–H groups in total. The van der Waals surface area contributed by atoms with Crippen molar-refractivity contribution >= 4 is 18.9 Å². The van der Waals surface area contributed by atoms with E-state index in [9.17, 15) is 0 Å². The van der Waals surface area contributed by atoms with Crippen LogP contribution in [0.4, 0.5) is 0 Å². The molecule has 0 spiro atoms. The number of hydrogen-bond donors (Lipinski definition) is 2. The van der Waals surface area contributed by atoms with Crippen molar-refractivity contribution in [1.29, 1.82) is 0 Å². The minimum absolute atomic E-state index is 0.583. The Morgan fingerprint density at radius 1 is 1.38 bits per heavy atom. The average Bonchev–Trinajstić information content (AvgIpc) is 2.03. The summed E-state index contributed by atoms with van der Waals surface area (Å²) in [6.07, 6.45) is 11.4. The lowest BCUT2D eigenvalue weighted by molar-refractivity contribution is 0.420. The van der Waals surface area contributed by atoms with Crippen LogP contribution >= 0.6 is 11.8 Å². The minimum Gasteiger partial charge on any atom is -0.423 e. The number of rotatable bonds is 2. The van der Waals surface area contributed by atoms with E-state index in [4.69, 9.17) is 10.0 Å². The highest BCUT2D eigenvalue weighted by Crippen LogP contribution is 2.20. The van der Waals surface area contributed by atoms with Crippen LogP contribution in [-0.4, -0.2) is 23.4 Å². The molecular formula is C9H13BO2S. The van der Waals surface area contributed by atoms with Gasteiger partial charge in [-0.25, -0.2) is 0 Å². The Balaban J connectivity index is 2.74. The molecule has 0 saturated heterocycles. The molecule has 0 saturated carbocycles. The molecule has 0 amide bonds. The Morgan fingerprint density at radius 3 is 2.77 bits per heavy atom. The van der Waals surface area contributed by atoms with Gasteiger partial charge >= 0.3 is 7.12 Å². The second-order valence-electron chi connectivity index (χ2n) is 2.79. The monoisotopic (exact) mass is 196 g/mol. The van der Waals surface area contributed by atoms with Crippen LogP contribution in [0.25, 0.3) is 0 Å². The van der Waals surface area contributed by atoms with E-state index in [-0.39, 0.29) is 0 Å². The van der Waals surface area contributed by atoms with E-state index in [0.717, 1.165) is 12.8 Å². The van der Waals surface area contributed by atoms with E-state index in [2.05, 4.69) is 6.08 Å². The molecule has 1 aliphatic carbocycles. The SMILES string of the molecule is CSC1=CC/C=C\C(B(O)O)=C/C1. The molecular weight excluding hydrogens is 183 g/mol. The number of hydrogen-bond acceptors (Lipinski definition) is 3. The van der Waals surface area contributed by atoms with Gasteiger partial charge < -0.3 is 10.0 Å². The standard InChI is InChI=1S/C9H13BO2S/c1-13-9-5-3-2-4-8(6-7-9)10(11)12/h2,4-6,11-12H,3,7H2,1H3/b4-2-,8-6+,9-5?. The first-order valence-corrected chi connectivity index (χ1v) is 5.42. The summed E-state index contributed by atoms with van der Waals surface area (Å²) < 4.78 is 0. The fourth-order valence-corrected chi connectivity index (χ4v) is 1.64. The molecule has 13 heavy (non-hydrogen) atoms. The van der Waals surface area contributed by atoms with Crippen LogP contribution in [0.2, 0.25) is 0 Å². The van der Waals surface area contributed by atoms with E-state index < -0.39 is 7.12 Å². The lowest BCUT2D eigenvalue weighted by atomic mass is 9.78. The van der Waals surface area contributed by atoms with Crippen LogP contribution in [-0.2, 0) is 0 Å². The summed E-state index contributed by atoms with van der Waals surface area (Å²) in [5.74, 6) is 0. The van der Waals surface area contributed by atoms with Gasteiger partial charge in [-0.1, -0.05) is 24.3 Å². The second-order valence-corrected chi connectivity index (χ2v) is 3.73. The summed E-state index contributed by atoms with van der Waals surface area (Å²) in [5, 5.41) is 17.9. The molecule has 0 aromatic heterocycles. The van der Waals surface area contributed by atoms with Crippen LogP contribution in [0, 0.1) is 0 Å². The zero-order chi connectivity index (χ0) is 9.68. The number of thioether (sulfide) groups is 1. The molecule has 0 fully saturated rings. The average molecular weight is 196 g/mol. The van der Waals surface area contributed by atoms with E-state index in [1.54, 1.807) is 17.8 Å². The van der Waals surface area contributed by atoms with E-state index in [1.807, 2.05) is 18.4 Å². The molecule has 2 nitrogen and oxygen atoms in total. The first-order chi connectivity index (χ1) is 6.24. The van der Waals surface area contributed by atoms with Gasteiger partial charge in [0.15, 0.2) is 0 Å². The predicted molar refractivity (Wildman–Crippen MR) is 58.2 cm³/mol. The van der Waals surface area contributed by atoms with Gasteiger partial charge in [0.1, 0.15) is 0 Å². The lowest BCUT2D eigenvalue weighted by Crippen LogP contribution is -2.14. The predicted octanol–water partition coefficient (Wildman–Crippen LogP) is 1.52. The van der Waals surface area contributed by atoms with Crippen molar-refractivity contribution in [2.75, 3.05) is 6.26 Å². The highest BCUT2D eigenvalue weighted by atomic mass is 32.2. The van der Waals surface area contributed by atoms with Crippen molar-refractivity contribution < 1.29 is 10.0 Å². The third-order valence-corrected chi connectivity index (χ3v) is 2.75. The van der Waals surface area contributed by atoms with Crippen LogP contribution < -0.4 is 0 Å². The highest BCUT2D eigenvalue weighted by molar-refractivity contribution is 8.02. The van der Waals surface area contributed by atoms with Crippen molar-refractivity contribution in [3.8, 4) is 0 Å². The van der Waals surface area contributed by atoms with Gasteiger partial charge in [0.2, 0.25) is 0 Å². The topological polar surface area (TPSA) is 40.5 Å². The number of allylic oxidation sites excluding steroid dienone is 6. The summed E-state index contributed by atoms with van der Waals surface area (Å²) in [7, 11) is -1.35. The Morgan fingerprint density at radius 2 is 2.15 bits per heavy atom. The molecule has 0 aliphatic heterocycles. The van der Waals surface area contributed by atoms with Gasteiger partial charge in [-0.2, -0.15) is 0 Å². The molecule has 1 rings (SSSR count). The fraction of sp³-hybridized carbons (Fsp3) is 0.333. The zero-order valence-electron chi connectivity index (χ0n) is 7.60. The van der Waals surface area contributed by atoms with E-state index in [1.165, 1.54) is 4.91 Å². The Kier molecular flexibility index (Phi) is 4.35. The molecule has 0 atom stereocenters. The Hall–Kier alpha value is -0.445. The first kappa shape index (κ1) is 10.6. The Labute approximate surface area is 83.2 Å². The molecule has 1 aliphatic rings. The fourth-order valence-electron chi connectivity index (χ4n) is 1.13. The van der Waals surface area contributed by atoms with Crippen molar-refractivity contribution in [3.63, 3.8) is 0 Å². The lowest BCUT2D eigenvalue weighted by Gasteiger charge is -2.05. The molecule has 0 heterocycles. The molecule has 0 aromatic carbocycles. The van der Waals surface area contributed by atoms with Crippen molar-refractivity contribution in [1.82, 2.24) is 0 Å². The minimum atomic E-state index is -1.35. The van der Waals surface area contributed by atoms with Crippen LogP contribution in [0.3, 0.4) is 0 Å². The molecule has 0 radical (unpaired) electrons. The summed E-state index contributed by atoms with van der Waals surface area (Å²) in [6.45, 7) is 0. The van der Waals surface area contributed by atoms with Crippen molar-refractivity contribution in [3.05, 3.63) is 34.7 Å². The maximum Gasteiger partial charge on any atom is 0.488 e. The zero-order valence-corrected chi connectivity index (χ0v) is 8.42. The maximum atomic E-state index is 8.96. The summed E-state index contributed by atoms with van der Waals surface area (Å²) in [4.78, 5) is 1.27. The van der Waals surface area contributed by atoms with Gasteiger partial charge in [-0.05, 0) is 29.5 Å². The smallest absolute Gasteiger partial charge is 0.423 e. The molecule has 4 heteroatoms. The van der Waals surface area contributed by atoms with Gasteiger partial charge in [-0.15, -0.1) is 11.8 Å². The van der Waals surface area contributed by atoms with E-state index in [0.29, 0.717) is 5.47 Å².